The molecule has 0 unspecified atom stereocenters. The van der Waals surface area contributed by atoms with Crippen molar-refractivity contribution in [3.8, 4) is 0 Å². The molecule has 6 rings (SSSR count). The Bertz CT molecular complexity index is 1600. The van der Waals surface area contributed by atoms with E-state index in [0.29, 0.717) is 24.8 Å². The third-order valence-corrected chi connectivity index (χ3v) is 16.2. The van der Waals surface area contributed by atoms with E-state index in [0.717, 1.165) is 62.6 Å². The van der Waals surface area contributed by atoms with Crippen molar-refractivity contribution in [2.75, 3.05) is 6.54 Å². The number of aromatic nitrogens is 1. The van der Waals surface area contributed by atoms with Gasteiger partial charge in [0.1, 0.15) is 6.10 Å². The maximum atomic E-state index is 14.1. The molecule has 0 saturated heterocycles. The maximum absolute atomic E-state index is 14.1. The molecule has 5 aliphatic carbocycles. The molecule has 1 heterocycles. The minimum Gasteiger partial charge on any atom is -0.481 e. The summed E-state index contributed by atoms with van der Waals surface area (Å²) in [6.07, 6.45) is 8.95. The van der Waals surface area contributed by atoms with E-state index < -0.39 is 28.9 Å². The summed E-state index contributed by atoms with van der Waals surface area (Å²) in [4.78, 5) is 43.4. The number of nitrogens with one attached hydrogen (secondary N) is 1. The number of aliphatic hydroxyl groups excluding tert-OH is 1. The fraction of sp³-hybridized carbons (Fsp3) is 0.773. The predicted molar refractivity (Wildman–Crippen MR) is 202 cm³/mol. The van der Waals surface area contributed by atoms with E-state index in [1.807, 2.05) is 18.2 Å². The first-order chi connectivity index (χ1) is 24.2. The van der Waals surface area contributed by atoms with Crippen molar-refractivity contribution in [1.29, 1.82) is 0 Å². The molecule has 0 spiro atoms. The molecule has 10 atom stereocenters. The zero-order valence-corrected chi connectivity index (χ0v) is 33.6. The lowest BCUT2D eigenvalue weighted by Crippen LogP contribution is -2.66. The fourth-order valence-corrected chi connectivity index (χ4v) is 13.1. The number of carbonyl (C=O) groups excluding carboxylic acids is 2. The number of ether oxygens (including phenoxy) is 1. The summed E-state index contributed by atoms with van der Waals surface area (Å²) in [6.45, 7) is 22.1. The lowest BCUT2D eigenvalue weighted by atomic mass is 9.33. The van der Waals surface area contributed by atoms with Crippen LogP contribution in [-0.4, -0.2) is 51.7 Å². The highest BCUT2D eigenvalue weighted by atomic mass is 16.5. The third-order valence-electron chi connectivity index (χ3n) is 16.2. The number of hydrogen-bond acceptors (Lipinski definition) is 7. The van der Waals surface area contributed by atoms with Gasteiger partial charge in [0.15, 0.2) is 5.78 Å². The molecular weight excluding hydrogens is 652 g/mol. The highest BCUT2D eigenvalue weighted by molar-refractivity contribution is 6.00. The molecular formula is C44H66N2O6. The van der Waals surface area contributed by atoms with Crippen LogP contribution in [0.15, 0.2) is 35.5 Å². The van der Waals surface area contributed by atoms with Crippen LogP contribution in [0.1, 0.15) is 145 Å². The van der Waals surface area contributed by atoms with Crippen LogP contribution in [0.25, 0.3) is 0 Å². The number of rotatable bonds is 10. The maximum Gasteiger partial charge on any atom is 0.309 e. The van der Waals surface area contributed by atoms with Gasteiger partial charge < -0.3 is 20.3 Å². The quantitative estimate of drug-likeness (QED) is 0.206. The number of carboxylic acids is 1. The Balaban J connectivity index is 1.27. The molecule has 8 nitrogen and oxygen atoms in total. The largest absolute Gasteiger partial charge is 0.481 e. The van der Waals surface area contributed by atoms with Crippen LogP contribution < -0.4 is 5.32 Å². The number of aliphatic hydroxyl groups is 1. The van der Waals surface area contributed by atoms with Crippen molar-refractivity contribution < 1.29 is 29.3 Å². The van der Waals surface area contributed by atoms with Gasteiger partial charge in [-0.25, -0.2) is 0 Å². The number of hydrogen-bond donors (Lipinski definition) is 3. The molecule has 52 heavy (non-hydrogen) atoms. The SMILES string of the molecule is CC(C)C1=C2[C@H]3CC[C@@H]4[C@@]5(C)CC[C@H](OC(=O)CC(C)(C)C(=O)O)C(C)(C)[C@@H]5CC[C@@]4(C)[C@]3(C)CC[C@@]2([C@@H](O)CN[C@@H](C)c2ccccn2)CC1=O. The molecule has 1 aromatic rings. The van der Waals surface area contributed by atoms with Gasteiger partial charge in [-0.15, -0.1) is 0 Å². The average Bonchev–Trinajstić information content (AvgIpc) is 3.38. The lowest BCUT2D eigenvalue weighted by molar-refractivity contribution is -0.235. The van der Waals surface area contributed by atoms with E-state index in [1.165, 1.54) is 5.57 Å². The molecule has 0 bridgehead atoms. The van der Waals surface area contributed by atoms with Crippen molar-refractivity contribution in [2.24, 2.45) is 56.2 Å². The van der Waals surface area contributed by atoms with E-state index in [2.05, 4.69) is 65.7 Å². The number of fused-ring (bicyclic) bond motifs is 7. The summed E-state index contributed by atoms with van der Waals surface area (Å²) in [7, 11) is 0. The number of aliphatic carboxylic acids is 1. The van der Waals surface area contributed by atoms with Gasteiger partial charge in [0.25, 0.3) is 0 Å². The number of allylic oxidation sites excluding steroid dienone is 1. The first kappa shape index (κ1) is 39.1. The van der Waals surface area contributed by atoms with Crippen LogP contribution >= 0.6 is 0 Å². The first-order valence-corrected chi connectivity index (χ1v) is 20.2. The van der Waals surface area contributed by atoms with Crippen LogP contribution in [0.4, 0.5) is 0 Å². The molecule has 5 aliphatic rings. The highest BCUT2D eigenvalue weighted by Crippen LogP contribution is 2.77. The van der Waals surface area contributed by atoms with Gasteiger partial charge in [-0.3, -0.25) is 19.4 Å². The van der Waals surface area contributed by atoms with Crippen molar-refractivity contribution in [1.82, 2.24) is 10.3 Å². The standard InChI is InChI=1S/C44H66N2O6/c1-26(2)36-30(47)23-44(33(48)25-46-27(3)29-13-11-12-22-45-29)21-20-42(9)28(37(36)44)14-15-32-41(8)18-17-34(52-35(49)24-39(4,5)38(50)51)40(6,7)31(41)16-19-43(32,42)10/h11-13,22,26-28,31-34,46,48H,14-21,23-25H2,1-10H3,(H,50,51)/t27-,28+,31-,32+,33-,34-,41-,42+,43+,44-/m0/s1. The summed E-state index contributed by atoms with van der Waals surface area (Å²) in [5.74, 6) is 0.0333. The fourth-order valence-electron chi connectivity index (χ4n) is 13.1. The Morgan fingerprint density at radius 2 is 1.67 bits per heavy atom. The molecule has 3 N–H and O–H groups in total. The topological polar surface area (TPSA) is 126 Å². The van der Waals surface area contributed by atoms with Gasteiger partial charge in [-0.1, -0.05) is 60.1 Å². The third kappa shape index (κ3) is 5.92. The van der Waals surface area contributed by atoms with Crippen LogP contribution in [0.3, 0.4) is 0 Å². The number of Topliss-reactive ketones (excluding diaryl/α,β-unsaturated/α-hetero) is 1. The number of pyridine rings is 1. The minimum absolute atomic E-state index is 0.0139. The molecule has 288 valence electrons. The summed E-state index contributed by atoms with van der Waals surface area (Å²) in [6, 6.07) is 5.89. The first-order valence-electron chi connectivity index (χ1n) is 20.2. The van der Waals surface area contributed by atoms with Crippen molar-refractivity contribution in [3.63, 3.8) is 0 Å². The van der Waals surface area contributed by atoms with Gasteiger partial charge in [-0.2, -0.15) is 0 Å². The molecule has 8 heteroatoms. The summed E-state index contributed by atoms with van der Waals surface area (Å²) in [5, 5.41) is 25.4. The van der Waals surface area contributed by atoms with Crippen molar-refractivity contribution in [2.45, 2.75) is 152 Å². The highest BCUT2D eigenvalue weighted by Gasteiger charge is 2.70. The second-order valence-electron chi connectivity index (χ2n) is 20.0. The van der Waals surface area contributed by atoms with Crippen LogP contribution in [0.5, 0.6) is 0 Å². The molecule has 0 radical (unpaired) electrons. The monoisotopic (exact) mass is 718 g/mol. The van der Waals surface area contributed by atoms with E-state index in [9.17, 15) is 24.6 Å². The average molecular weight is 719 g/mol. The van der Waals surface area contributed by atoms with E-state index in [4.69, 9.17) is 4.74 Å². The Morgan fingerprint density at radius 1 is 0.962 bits per heavy atom. The Labute approximate surface area is 312 Å². The molecule has 4 fully saturated rings. The van der Waals surface area contributed by atoms with Gasteiger partial charge in [0, 0.05) is 36.0 Å². The van der Waals surface area contributed by atoms with Crippen molar-refractivity contribution in [3.05, 3.63) is 41.2 Å². The smallest absolute Gasteiger partial charge is 0.309 e. The Hall–Kier alpha value is -2.58. The predicted octanol–water partition coefficient (Wildman–Crippen LogP) is 8.49. The second-order valence-corrected chi connectivity index (χ2v) is 20.0. The van der Waals surface area contributed by atoms with Gasteiger partial charge >= 0.3 is 11.9 Å². The lowest BCUT2D eigenvalue weighted by Gasteiger charge is -2.72. The molecule has 0 amide bonds. The van der Waals surface area contributed by atoms with E-state index in [1.54, 1.807) is 20.0 Å². The van der Waals surface area contributed by atoms with Crippen molar-refractivity contribution >= 4 is 17.7 Å². The minimum atomic E-state index is -1.16. The molecule has 0 aliphatic heterocycles. The van der Waals surface area contributed by atoms with Crippen LogP contribution in [0, 0.1) is 56.2 Å². The number of carboxylic acid groups (broad SMARTS) is 1. The summed E-state index contributed by atoms with van der Waals surface area (Å²) in [5.41, 5.74) is 1.37. The van der Waals surface area contributed by atoms with E-state index >= 15 is 0 Å². The normalized spacial score (nSPS) is 38.1. The van der Waals surface area contributed by atoms with E-state index in [-0.39, 0.29) is 57.8 Å². The zero-order valence-electron chi connectivity index (χ0n) is 33.6. The summed E-state index contributed by atoms with van der Waals surface area (Å²) >= 11 is 0. The Kier molecular flexibility index (Phi) is 10.0. The second kappa shape index (κ2) is 13.3. The van der Waals surface area contributed by atoms with Gasteiger partial charge in [-0.05, 0) is 130 Å². The molecule has 0 aromatic carbocycles. The Morgan fingerprint density at radius 3 is 2.31 bits per heavy atom. The molecule has 4 saturated carbocycles. The number of ketones is 1. The zero-order chi connectivity index (χ0) is 38.2. The van der Waals surface area contributed by atoms with Gasteiger partial charge in [0.05, 0.1) is 23.6 Å². The van der Waals surface area contributed by atoms with Crippen LogP contribution in [0.2, 0.25) is 0 Å². The number of nitrogens with zero attached hydrogens (tertiary/aromatic N) is 1. The number of carbonyl (C=O) groups is 3. The molecule has 1 aromatic heterocycles. The number of esters is 1. The summed E-state index contributed by atoms with van der Waals surface area (Å²) < 4.78 is 6.17. The van der Waals surface area contributed by atoms with Crippen LogP contribution in [-0.2, 0) is 19.1 Å². The van der Waals surface area contributed by atoms with Gasteiger partial charge in [0.2, 0.25) is 0 Å².